The van der Waals surface area contributed by atoms with E-state index in [1.54, 1.807) is 17.6 Å². The summed E-state index contributed by atoms with van der Waals surface area (Å²) in [6, 6.07) is 1.95. The van der Waals surface area contributed by atoms with E-state index < -0.39 is 0 Å². The summed E-state index contributed by atoms with van der Waals surface area (Å²) in [5.41, 5.74) is 8.45. The fraction of sp³-hybridized carbons (Fsp3) is 0.500. The van der Waals surface area contributed by atoms with E-state index in [2.05, 4.69) is 31.1 Å². The minimum absolute atomic E-state index is 0.0404. The molecule has 0 saturated carbocycles. The summed E-state index contributed by atoms with van der Waals surface area (Å²) in [5.74, 6) is 0.898. The van der Waals surface area contributed by atoms with E-state index in [0.717, 1.165) is 28.4 Å². The third-order valence-electron chi connectivity index (χ3n) is 2.89. The van der Waals surface area contributed by atoms with Crippen LogP contribution in [0.3, 0.4) is 0 Å². The average Bonchev–Trinajstić information content (AvgIpc) is 2.85. The lowest BCUT2D eigenvalue weighted by Crippen LogP contribution is -2.14. The molecule has 0 aliphatic rings. The van der Waals surface area contributed by atoms with Gasteiger partial charge >= 0.3 is 0 Å². The van der Waals surface area contributed by atoms with Gasteiger partial charge in [0.25, 0.3) is 0 Å². The number of nitrogens with two attached hydrogens (primary N) is 1. The molecular weight excluding hydrogens is 244 g/mol. The van der Waals surface area contributed by atoms with Crippen LogP contribution in [-0.4, -0.2) is 4.98 Å². The molecule has 2 aromatic heterocycles. The maximum atomic E-state index is 6.17. The first kappa shape index (κ1) is 13.3. The van der Waals surface area contributed by atoms with Crippen molar-refractivity contribution in [3.05, 3.63) is 39.7 Å². The predicted molar refractivity (Wildman–Crippen MR) is 74.9 cm³/mol. The summed E-state index contributed by atoms with van der Waals surface area (Å²) in [5, 5.41) is 3.22. The second-order valence-corrected chi connectivity index (χ2v) is 6.62. The SMILES string of the molecule is Cc1cc(C(N)Cc2nc(C(C)(C)C)cs2)co1. The number of furan rings is 1. The molecule has 2 rings (SSSR count). The molecule has 0 fully saturated rings. The van der Waals surface area contributed by atoms with Crippen molar-refractivity contribution in [1.82, 2.24) is 4.98 Å². The fourth-order valence-electron chi connectivity index (χ4n) is 1.71. The standard InChI is InChI=1S/C14H20N2OS/c1-9-5-10(7-17-9)11(15)6-13-16-12(8-18-13)14(2,3)4/h5,7-8,11H,6,15H2,1-4H3. The monoisotopic (exact) mass is 264 g/mol. The minimum Gasteiger partial charge on any atom is -0.469 e. The van der Waals surface area contributed by atoms with Gasteiger partial charge in [0.15, 0.2) is 0 Å². The Morgan fingerprint density at radius 2 is 2.17 bits per heavy atom. The quantitative estimate of drug-likeness (QED) is 0.921. The van der Waals surface area contributed by atoms with E-state index in [-0.39, 0.29) is 11.5 Å². The number of hydrogen-bond donors (Lipinski definition) is 1. The Bertz CT molecular complexity index is 522. The molecule has 4 heteroatoms. The highest BCUT2D eigenvalue weighted by Gasteiger charge is 2.19. The Kier molecular flexibility index (Phi) is 3.59. The van der Waals surface area contributed by atoms with Crippen LogP contribution in [0.2, 0.25) is 0 Å². The number of hydrogen-bond acceptors (Lipinski definition) is 4. The number of rotatable bonds is 3. The molecule has 0 aliphatic carbocycles. The maximum Gasteiger partial charge on any atom is 0.101 e. The van der Waals surface area contributed by atoms with E-state index >= 15 is 0 Å². The van der Waals surface area contributed by atoms with Crippen molar-refractivity contribution in [2.75, 3.05) is 0 Å². The van der Waals surface area contributed by atoms with Crippen LogP contribution >= 0.6 is 11.3 Å². The van der Waals surface area contributed by atoms with Gasteiger partial charge in [-0.2, -0.15) is 0 Å². The number of aromatic nitrogens is 1. The van der Waals surface area contributed by atoms with Crippen molar-refractivity contribution in [3.8, 4) is 0 Å². The molecule has 98 valence electrons. The van der Waals surface area contributed by atoms with Crippen molar-refractivity contribution in [1.29, 1.82) is 0 Å². The van der Waals surface area contributed by atoms with E-state index in [9.17, 15) is 0 Å². The highest BCUT2D eigenvalue weighted by Crippen LogP contribution is 2.26. The van der Waals surface area contributed by atoms with Crippen LogP contribution in [0.5, 0.6) is 0 Å². The molecule has 0 radical (unpaired) electrons. The second-order valence-electron chi connectivity index (χ2n) is 5.68. The van der Waals surface area contributed by atoms with Gasteiger partial charge in [0.2, 0.25) is 0 Å². The van der Waals surface area contributed by atoms with Gasteiger partial charge in [-0.05, 0) is 13.0 Å². The molecular formula is C14H20N2OS. The van der Waals surface area contributed by atoms with Crippen LogP contribution in [0.1, 0.15) is 48.8 Å². The molecule has 2 heterocycles. The number of nitrogens with zero attached hydrogens (tertiary/aromatic N) is 1. The summed E-state index contributed by atoms with van der Waals surface area (Å²) in [6.45, 7) is 8.44. The summed E-state index contributed by atoms with van der Waals surface area (Å²) < 4.78 is 5.29. The summed E-state index contributed by atoms with van der Waals surface area (Å²) >= 11 is 1.68. The molecule has 2 N–H and O–H groups in total. The lowest BCUT2D eigenvalue weighted by atomic mass is 9.93. The summed E-state index contributed by atoms with van der Waals surface area (Å²) in [7, 11) is 0. The molecule has 0 spiro atoms. The van der Waals surface area contributed by atoms with Crippen molar-refractivity contribution in [2.45, 2.75) is 45.6 Å². The summed E-state index contributed by atoms with van der Waals surface area (Å²) in [6.07, 6.45) is 2.50. The van der Waals surface area contributed by atoms with Crippen molar-refractivity contribution in [3.63, 3.8) is 0 Å². The third kappa shape index (κ3) is 3.00. The Morgan fingerprint density at radius 1 is 1.44 bits per heavy atom. The molecule has 1 atom stereocenters. The van der Waals surface area contributed by atoms with Gasteiger partial charge in [-0.3, -0.25) is 0 Å². The zero-order chi connectivity index (χ0) is 13.3. The van der Waals surface area contributed by atoms with E-state index in [4.69, 9.17) is 10.2 Å². The average molecular weight is 264 g/mol. The maximum absolute atomic E-state index is 6.17. The topological polar surface area (TPSA) is 52.0 Å². The van der Waals surface area contributed by atoms with Gasteiger partial charge < -0.3 is 10.2 Å². The normalized spacial score (nSPS) is 13.8. The van der Waals surface area contributed by atoms with Crippen LogP contribution in [0, 0.1) is 6.92 Å². The van der Waals surface area contributed by atoms with Crippen LogP contribution in [0.15, 0.2) is 22.1 Å². The van der Waals surface area contributed by atoms with E-state index in [1.165, 1.54) is 0 Å². The highest BCUT2D eigenvalue weighted by atomic mass is 32.1. The van der Waals surface area contributed by atoms with Gasteiger partial charge in [-0.1, -0.05) is 20.8 Å². The number of thiazole rings is 1. The minimum atomic E-state index is -0.0404. The highest BCUT2D eigenvalue weighted by molar-refractivity contribution is 7.09. The zero-order valence-electron chi connectivity index (χ0n) is 11.4. The van der Waals surface area contributed by atoms with Gasteiger partial charge in [-0.25, -0.2) is 4.98 Å². The third-order valence-corrected chi connectivity index (χ3v) is 3.76. The first-order valence-electron chi connectivity index (χ1n) is 6.12. The van der Waals surface area contributed by atoms with E-state index in [0.29, 0.717) is 0 Å². The zero-order valence-corrected chi connectivity index (χ0v) is 12.2. The molecule has 0 saturated heterocycles. The van der Waals surface area contributed by atoms with Crippen LogP contribution in [-0.2, 0) is 11.8 Å². The van der Waals surface area contributed by atoms with Gasteiger partial charge in [0.05, 0.1) is 17.0 Å². The lowest BCUT2D eigenvalue weighted by Gasteiger charge is -2.14. The Labute approximate surface area is 112 Å². The molecule has 0 aliphatic heterocycles. The van der Waals surface area contributed by atoms with E-state index in [1.807, 2.05) is 13.0 Å². The lowest BCUT2D eigenvalue weighted by molar-refractivity contribution is 0.528. The first-order valence-corrected chi connectivity index (χ1v) is 7.00. The largest absolute Gasteiger partial charge is 0.469 e. The molecule has 18 heavy (non-hydrogen) atoms. The first-order chi connectivity index (χ1) is 8.36. The Balaban J connectivity index is 2.08. The van der Waals surface area contributed by atoms with Crippen LogP contribution in [0.4, 0.5) is 0 Å². The van der Waals surface area contributed by atoms with Crippen LogP contribution in [0.25, 0.3) is 0 Å². The van der Waals surface area contributed by atoms with Crippen LogP contribution < -0.4 is 5.73 Å². The van der Waals surface area contributed by atoms with Crippen molar-refractivity contribution < 1.29 is 4.42 Å². The van der Waals surface area contributed by atoms with Gasteiger partial charge in [0.1, 0.15) is 5.76 Å². The van der Waals surface area contributed by atoms with Crippen molar-refractivity contribution in [2.24, 2.45) is 5.73 Å². The molecule has 2 aromatic rings. The summed E-state index contributed by atoms with van der Waals surface area (Å²) in [4.78, 5) is 4.66. The molecule has 3 nitrogen and oxygen atoms in total. The van der Waals surface area contributed by atoms with Gasteiger partial charge in [0, 0.05) is 28.8 Å². The smallest absolute Gasteiger partial charge is 0.101 e. The van der Waals surface area contributed by atoms with Gasteiger partial charge in [-0.15, -0.1) is 11.3 Å². The molecule has 1 unspecified atom stereocenters. The second kappa shape index (κ2) is 4.86. The fourth-order valence-corrected chi connectivity index (χ4v) is 2.79. The molecule has 0 amide bonds. The molecule has 0 aromatic carbocycles. The van der Waals surface area contributed by atoms with Crippen molar-refractivity contribution >= 4 is 11.3 Å². The predicted octanol–water partition coefficient (Wildman–Crippen LogP) is 3.58. The number of aryl methyl sites for hydroxylation is 1. The Morgan fingerprint density at radius 3 is 2.67 bits per heavy atom. The molecule has 0 bridgehead atoms. The Hall–Kier alpha value is -1.13.